The van der Waals surface area contributed by atoms with Gasteiger partial charge in [-0.25, -0.2) is 0 Å². The number of benzene rings is 2. The standard InChI is InChI=1S/C23H20N2O/c1-2-9-22-20(6-1)19-7-3-8-21(19)23(25-22)16-10-12-17(13-11-16)24-15-18-5-4-14-26-18/h1-7,9-15,19,21,23,25H,8H2/t19-,21-,23+/m1/s1. The van der Waals surface area contributed by atoms with Gasteiger partial charge in [0.2, 0.25) is 0 Å². The zero-order valence-corrected chi connectivity index (χ0v) is 14.4. The van der Waals surface area contributed by atoms with Crippen molar-refractivity contribution in [2.45, 2.75) is 18.4 Å². The molecule has 1 aliphatic heterocycles. The molecular weight excluding hydrogens is 320 g/mol. The Balaban J connectivity index is 1.41. The van der Waals surface area contributed by atoms with E-state index in [2.05, 4.69) is 71.0 Å². The van der Waals surface area contributed by atoms with Crippen molar-refractivity contribution in [1.82, 2.24) is 0 Å². The molecule has 3 heteroatoms. The molecule has 128 valence electrons. The van der Waals surface area contributed by atoms with Crippen LogP contribution < -0.4 is 5.32 Å². The van der Waals surface area contributed by atoms with E-state index in [0.717, 1.165) is 17.9 Å². The number of nitrogens with one attached hydrogen (secondary N) is 1. The molecule has 0 saturated heterocycles. The molecule has 2 aromatic carbocycles. The molecular formula is C23H20N2O. The lowest BCUT2D eigenvalue weighted by molar-refractivity contribution is 0.425. The van der Waals surface area contributed by atoms with Gasteiger partial charge in [-0.05, 0) is 53.8 Å². The Labute approximate surface area is 153 Å². The van der Waals surface area contributed by atoms with Crippen LogP contribution in [0.15, 0.2) is 88.5 Å². The highest BCUT2D eigenvalue weighted by atomic mass is 16.3. The van der Waals surface area contributed by atoms with E-state index >= 15 is 0 Å². The molecule has 3 nitrogen and oxygen atoms in total. The van der Waals surface area contributed by atoms with E-state index in [-0.39, 0.29) is 0 Å². The Morgan fingerprint density at radius 2 is 1.88 bits per heavy atom. The highest BCUT2D eigenvalue weighted by molar-refractivity contribution is 5.78. The lowest BCUT2D eigenvalue weighted by Crippen LogP contribution is -2.28. The Hall–Kier alpha value is -3.07. The van der Waals surface area contributed by atoms with Gasteiger partial charge in [0.25, 0.3) is 0 Å². The van der Waals surface area contributed by atoms with Gasteiger partial charge in [0.15, 0.2) is 0 Å². The second-order valence-electron chi connectivity index (χ2n) is 6.93. The van der Waals surface area contributed by atoms with Gasteiger partial charge in [0, 0.05) is 11.6 Å². The van der Waals surface area contributed by atoms with Crippen molar-refractivity contribution >= 4 is 17.6 Å². The first-order valence-corrected chi connectivity index (χ1v) is 9.08. The largest absolute Gasteiger partial charge is 0.463 e. The maximum Gasteiger partial charge on any atom is 0.144 e. The summed E-state index contributed by atoms with van der Waals surface area (Å²) in [5, 5.41) is 3.77. The van der Waals surface area contributed by atoms with Crippen molar-refractivity contribution in [3.8, 4) is 0 Å². The predicted molar refractivity (Wildman–Crippen MR) is 105 cm³/mol. The van der Waals surface area contributed by atoms with E-state index in [1.165, 1.54) is 16.8 Å². The number of nitrogens with zero attached hydrogens (tertiary/aromatic N) is 1. The summed E-state index contributed by atoms with van der Waals surface area (Å²) in [5.74, 6) is 1.84. The summed E-state index contributed by atoms with van der Waals surface area (Å²) in [6.07, 6.45) is 9.23. The normalized spacial score (nSPS) is 23.6. The highest BCUT2D eigenvalue weighted by Gasteiger charge is 2.37. The molecule has 5 rings (SSSR count). The van der Waals surface area contributed by atoms with Crippen molar-refractivity contribution in [2.75, 3.05) is 5.32 Å². The molecule has 0 unspecified atom stereocenters. The zero-order valence-electron chi connectivity index (χ0n) is 14.4. The van der Waals surface area contributed by atoms with Crippen LogP contribution in [0, 0.1) is 5.92 Å². The van der Waals surface area contributed by atoms with Crippen LogP contribution in [0.2, 0.25) is 0 Å². The monoisotopic (exact) mass is 340 g/mol. The fraction of sp³-hybridized carbons (Fsp3) is 0.174. The van der Waals surface area contributed by atoms with E-state index < -0.39 is 0 Å². The Kier molecular flexibility index (Phi) is 3.71. The van der Waals surface area contributed by atoms with Crippen LogP contribution in [0.3, 0.4) is 0 Å². The fourth-order valence-corrected chi connectivity index (χ4v) is 4.14. The van der Waals surface area contributed by atoms with Crippen molar-refractivity contribution in [3.63, 3.8) is 0 Å². The third kappa shape index (κ3) is 2.66. The van der Waals surface area contributed by atoms with Gasteiger partial charge >= 0.3 is 0 Å². The molecule has 26 heavy (non-hydrogen) atoms. The first-order valence-electron chi connectivity index (χ1n) is 9.08. The summed E-state index contributed by atoms with van der Waals surface area (Å²) >= 11 is 0. The summed E-state index contributed by atoms with van der Waals surface area (Å²) in [5.41, 5.74) is 4.92. The van der Waals surface area contributed by atoms with Crippen LogP contribution in [0.25, 0.3) is 0 Å². The molecule has 0 fully saturated rings. The van der Waals surface area contributed by atoms with Crippen molar-refractivity contribution in [1.29, 1.82) is 0 Å². The van der Waals surface area contributed by atoms with E-state index in [4.69, 9.17) is 4.42 Å². The average Bonchev–Trinajstić information content (AvgIpc) is 3.38. The lowest BCUT2D eigenvalue weighted by Gasteiger charge is -2.37. The quantitative estimate of drug-likeness (QED) is 0.479. The number of anilines is 1. The molecule has 0 saturated carbocycles. The minimum absolute atomic E-state index is 0.327. The SMILES string of the molecule is C1=C[C@@H]2c3ccccc3N[C@@H](c3ccc(N=Cc4ccco4)cc3)[C@@H]2C1. The van der Waals surface area contributed by atoms with Crippen LogP contribution in [-0.4, -0.2) is 6.21 Å². The lowest BCUT2D eigenvalue weighted by atomic mass is 9.77. The van der Waals surface area contributed by atoms with E-state index in [1.807, 2.05) is 12.1 Å². The maximum atomic E-state index is 5.29. The third-order valence-electron chi connectivity index (χ3n) is 5.41. The topological polar surface area (TPSA) is 37.5 Å². The number of rotatable bonds is 3. The Morgan fingerprint density at radius 3 is 2.73 bits per heavy atom. The molecule has 0 bridgehead atoms. The summed E-state index contributed by atoms with van der Waals surface area (Å²) in [7, 11) is 0. The Bertz CT molecular complexity index is 954. The van der Waals surface area contributed by atoms with Gasteiger partial charge in [-0.2, -0.15) is 0 Å². The first-order chi connectivity index (χ1) is 12.9. The minimum atomic E-state index is 0.327. The molecule has 2 heterocycles. The second kappa shape index (κ2) is 6.34. The number of furan rings is 1. The summed E-state index contributed by atoms with van der Waals surface area (Å²) in [4.78, 5) is 4.49. The summed E-state index contributed by atoms with van der Waals surface area (Å²) in [6, 6.07) is 21.3. The summed E-state index contributed by atoms with van der Waals surface area (Å²) < 4.78 is 5.29. The molecule has 1 aromatic heterocycles. The van der Waals surface area contributed by atoms with Crippen LogP contribution in [0.4, 0.5) is 11.4 Å². The van der Waals surface area contributed by atoms with Gasteiger partial charge in [0.1, 0.15) is 5.76 Å². The van der Waals surface area contributed by atoms with Gasteiger partial charge in [-0.15, -0.1) is 0 Å². The number of hydrogen-bond donors (Lipinski definition) is 1. The van der Waals surface area contributed by atoms with Crippen molar-refractivity contribution in [2.24, 2.45) is 10.9 Å². The molecule has 1 aliphatic carbocycles. The number of para-hydroxylation sites is 1. The first kappa shape index (κ1) is 15.2. The van der Waals surface area contributed by atoms with Crippen molar-refractivity contribution < 1.29 is 4.42 Å². The Morgan fingerprint density at radius 1 is 1.00 bits per heavy atom. The zero-order chi connectivity index (χ0) is 17.3. The molecule has 0 spiro atoms. The minimum Gasteiger partial charge on any atom is -0.463 e. The smallest absolute Gasteiger partial charge is 0.144 e. The molecule has 0 amide bonds. The van der Waals surface area contributed by atoms with Gasteiger partial charge < -0.3 is 9.73 Å². The van der Waals surface area contributed by atoms with E-state index in [9.17, 15) is 0 Å². The molecule has 2 aliphatic rings. The van der Waals surface area contributed by atoms with Crippen LogP contribution in [0.5, 0.6) is 0 Å². The van der Waals surface area contributed by atoms with Crippen LogP contribution >= 0.6 is 0 Å². The molecule has 0 radical (unpaired) electrons. The van der Waals surface area contributed by atoms with Crippen LogP contribution in [-0.2, 0) is 0 Å². The average molecular weight is 340 g/mol. The van der Waals surface area contributed by atoms with Gasteiger partial charge in [0.05, 0.1) is 24.2 Å². The van der Waals surface area contributed by atoms with Crippen molar-refractivity contribution in [3.05, 3.63) is 96.0 Å². The number of aliphatic imine (C=N–C) groups is 1. The van der Waals surface area contributed by atoms with E-state index in [1.54, 1.807) is 12.5 Å². The molecule has 3 aromatic rings. The highest BCUT2D eigenvalue weighted by Crippen LogP contribution is 2.49. The predicted octanol–water partition coefficient (Wildman–Crippen LogP) is 5.86. The summed E-state index contributed by atoms with van der Waals surface area (Å²) in [6.45, 7) is 0. The van der Waals surface area contributed by atoms with Gasteiger partial charge in [-0.3, -0.25) is 4.99 Å². The number of allylic oxidation sites excluding steroid dienone is 2. The maximum absolute atomic E-state index is 5.29. The van der Waals surface area contributed by atoms with Crippen LogP contribution in [0.1, 0.15) is 35.3 Å². The number of hydrogen-bond acceptors (Lipinski definition) is 3. The molecule has 1 N–H and O–H groups in total. The number of fused-ring (bicyclic) bond motifs is 3. The molecule has 3 atom stereocenters. The third-order valence-corrected chi connectivity index (χ3v) is 5.41. The second-order valence-corrected chi connectivity index (χ2v) is 6.93. The fourth-order valence-electron chi connectivity index (χ4n) is 4.14. The van der Waals surface area contributed by atoms with Gasteiger partial charge in [-0.1, -0.05) is 42.5 Å². The van der Waals surface area contributed by atoms with E-state index in [0.29, 0.717) is 17.9 Å².